The van der Waals surface area contributed by atoms with Gasteiger partial charge in [0, 0.05) is 24.5 Å². The molecule has 0 radical (unpaired) electrons. The van der Waals surface area contributed by atoms with E-state index in [4.69, 9.17) is 0 Å². The minimum absolute atomic E-state index is 0.0191. The van der Waals surface area contributed by atoms with E-state index in [1.165, 1.54) is 20.5 Å². The Bertz CT molecular complexity index is 1210. The number of amides is 1. The lowest BCUT2D eigenvalue weighted by atomic mass is 9.99. The Kier molecular flexibility index (Phi) is 6.14. The van der Waals surface area contributed by atoms with Gasteiger partial charge in [-0.3, -0.25) is 18.7 Å². The molecular weight excluding hydrogens is 410 g/mol. The highest BCUT2D eigenvalue weighted by Crippen LogP contribution is 2.27. The van der Waals surface area contributed by atoms with Gasteiger partial charge >= 0.3 is 5.69 Å². The van der Waals surface area contributed by atoms with Crippen LogP contribution in [-0.4, -0.2) is 33.0 Å². The van der Waals surface area contributed by atoms with Gasteiger partial charge in [0.2, 0.25) is 5.91 Å². The minimum Gasteiger partial charge on any atom is -0.341 e. The highest BCUT2D eigenvalue weighted by molar-refractivity contribution is 7.18. The van der Waals surface area contributed by atoms with Gasteiger partial charge in [-0.05, 0) is 50.2 Å². The van der Waals surface area contributed by atoms with Crippen LogP contribution in [-0.2, 0) is 24.3 Å². The number of aryl methyl sites for hydroxylation is 3. The quantitative estimate of drug-likeness (QED) is 0.613. The molecule has 0 saturated carbocycles. The van der Waals surface area contributed by atoms with Crippen LogP contribution in [0.4, 0.5) is 0 Å². The Morgan fingerprint density at radius 1 is 1.06 bits per heavy atom. The van der Waals surface area contributed by atoms with Crippen LogP contribution in [0.5, 0.6) is 0 Å². The molecule has 3 aromatic rings. The zero-order valence-corrected chi connectivity index (χ0v) is 19.2. The lowest BCUT2D eigenvalue weighted by molar-refractivity contribution is -0.133. The van der Waals surface area contributed by atoms with Gasteiger partial charge in [0.05, 0.1) is 5.39 Å². The molecule has 3 heterocycles. The summed E-state index contributed by atoms with van der Waals surface area (Å²) in [7, 11) is 0. The van der Waals surface area contributed by atoms with Gasteiger partial charge in [0.25, 0.3) is 5.56 Å². The second-order valence-corrected chi connectivity index (χ2v) is 9.79. The highest BCUT2D eigenvalue weighted by atomic mass is 32.1. The van der Waals surface area contributed by atoms with Gasteiger partial charge in [0.15, 0.2) is 0 Å². The van der Waals surface area contributed by atoms with Crippen LogP contribution in [0, 0.1) is 19.8 Å². The summed E-state index contributed by atoms with van der Waals surface area (Å²) >= 11 is 1.42. The van der Waals surface area contributed by atoms with Crippen molar-refractivity contribution in [3.8, 4) is 0 Å². The third-order valence-electron chi connectivity index (χ3n) is 6.43. The first kappa shape index (κ1) is 21.6. The van der Waals surface area contributed by atoms with Crippen molar-refractivity contribution in [1.82, 2.24) is 14.0 Å². The summed E-state index contributed by atoms with van der Waals surface area (Å²) in [5, 5.41) is 0.565. The molecule has 1 aliphatic rings. The number of rotatable bonds is 5. The molecule has 0 spiro atoms. The normalized spacial score (nSPS) is 15.0. The molecule has 1 fully saturated rings. The number of likely N-dealkylation sites (tertiary alicyclic amines) is 1. The molecule has 4 rings (SSSR count). The van der Waals surface area contributed by atoms with E-state index in [9.17, 15) is 14.4 Å². The molecule has 6 nitrogen and oxygen atoms in total. The Morgan fingerprint density at radius 3 is 2.42 bits per heavy atom. The summed E-state index contributed by atoms with van der Waals surface area (Å²) in [6, 6.07) is 9.82. The molecule has 31 heavy (non-hydrogen) atoms. The monoisotopic (exact) mass is 439 g/mol. The zero-order chi connectivity index (χ0) is 22.1. The van der Waals surface area contributed by atoms with E-state index in [1.54, 1.807) is 0 Å². The van der Waals surface area contributed by atoms with Gasteiger partial charge in [-0.25, -0.2) is 4.79 Å². The van der Waals surface area contributed by atoms with Gasteiger partial charge in [0.1, 0.15) is 11.4 Å². The average molecular weight is 440 g/mol. The second-order valence-electron chi connectivity index (χ2n) is 8.59. The molecule has 1 saturated heterocycles. The van der Waals surface area contributed by atoms with Crippen molar-refractivity contribution in [2.24, 2.45) is 5.92 Å². The van der Waals surface area contributed by atoms with E-state index in [-0.39, 0.29) is 18.0 Å². The van der Waals surface area contributed by atoms with Crippen molar-refractivity contribution < 1.29 is 4.79 Å². The van der Waals surface area contributed by atoms with Gasteiger partial charge in [-0.15, -0.1) is 11.3 Å². The first-order valence-electron chi connectivity index (χ1n) is 10.9. The topological polar surface area (TPSA) is 64.3 Å². The third-order valence-corrected chi connectivity index (χ3v) is 7.66. The lowest BCUT2D eigenvalue weighted by Crippen LogP contribution is -2.45. The predicted octanol–water partition coefficient (Wildman–Crippen LogP) is 3.34. The Hall–Kier alpha value is -2.67. The van der Waals surface area contributed by atoms with E-state index in [0.29, 0.717) is 29.1 Å². The number of nitrogens with zero attached hydrogens (tertiary/aromatic N) is 3. The SMILES string of the molecule is Cc1sc2c(c1C)c(=O)n(CCc1ccccc1)c(=O)n2CC(=O)N1CCC(C)CC1. The second kappa shape index (κ2) is 8.83. The molecule has 0 aliphatic carbocycles. The number of thiophene rings is 1. The van der Waals surface area contributed by atoms with E-state index in [1.807, 2.05) is 49.1 Å². The fourth-order valence-corrected chi connectivity index (χ4v) is 5.36. The number of hydrogen-bond donors (Lipinski definition) is 0. The Labute approximate surface area is 185 Å². The molecule has 1 aliphatic heterocycles. The number of carbonyl (C=O) groups is 1. The highest BCUT2D eigenvalue weighted by Gasteiger charge is 2.24. The Morgan fingerprint density at radius 2 is 1.74 bits per heavy atom. The third kappa shape index (κ3) is 4.24. The minimum atomic E-state index is -0.395. The van der Waals surface area contributed by atoms with Crippen LogP contribution in [0.15, 0.2) is 39.9 Å². The number of piperidine rings is 1. The summed E-state index contributed by atoms with van der Waals surface area (Å²) in [4.78, 5) is 43.1. The molecule has 1 amide bonds. The largest absolute Gasteiger partial charge is 0.341 e. The number of benzene rings is 1. The number of carbonyl (C=O) groups excluding carboxylic acids is 1. The fraction of sp³-hybridized carbons (Fsp3) is 0.458. The molecule has 0 atom stereocenters. The molecule has 7 heteroatoms. The van der Waals surface area contributed by atoms with Crippen molar-refractivity contribution in [2.75, 3.05) is 13.1 Å². The van der Waals surface area contributed by atoms with Crippen molar-refractivity contribution in [2.45, 2.75) is 53.1 Å². The van der Waals surface area contributed by atoms with Crippen LogP contribution < -0.4 is 11.2 Å². The molecule has 0 N–H and O–H groups in total. The maximum absolute atomic E-state index is 13.4. The molecule has 0 unspecified atom stereocenters. The molecular formula is C24H29N3O3S. The molecule has 1 aromatic carbocycles. The maximum Gasteiger partial charge on any atom is 0.332 e. The van der Waals surface area contributed by atoms with Crippen molar-refractivity contribution in [3.05, 3.63) is 67.2 Å². The van der Waals surface area contributed by atoms with E-state index in [2.05, 4.69) is 6.92 Å². The smallest absolute Gasteiger partial charge is 0.332 e. The van der Waals surface area contributed by atoms with Crippen LogP contribution in [0.3, 0.4) is 0 Å². The van der Waals surface area contributed by atoms with E-state index < -0.39 is 5.69 Å². The summed E-state index contributed by atoms with van der Waals surface area (Å²) in [6.07, 6.45) is 2.56. The first-order chi connectivity index (χ1) is 14.9. The van der Waals surface area contributed by atoms with Crippen LogP contribution in [0.1, 0.15) is 35.8 Å². The summed E-state index contributed by atoms with van der Waals surface area (Å²) in [5.41, 5.74) is 1.31. The number of hydrogen-bond acceptors (Lipinski definition) is 4. The molecule has 164 valence electrons. The average Bonchev–Trinajstić information content (AvgIpc) is 3.06. The van der Waals surface area contributed by atoms with Crippen molar-refractivity contribution in [1.29, 1.82) is 0 Å². The van der Waals surface area contributed by atoms with Crippen LogP contribution in [0.2, 0.25) is 0 Å². The van der Waals surface area contributed by atoms with Crippen LogP contribution in [0.25, 0.3) is 10.2 Å². The number of fused-ring (bicyclic) bond motifs is 1. The van der Waals surface area contributed by atoms with Crippen molar-refractivity contribution in [3.63, 3.8) is 0 Å². The molecule has 2 aromatic heterocycles. The van der Waals surface area contributed by atoms with Gasteiger partial charge < -0.3 is 4.90 Å². The van der Waals surface area contributed by atoms with Crippen LogP contribution >= 0.6 is 11.3 Å². The maximum atomic E-state index is 13.4. The standard InChI is InChI=1S/C24H29N3O3S/c1-16-9-12-25(13-10-16)20(28)15-27-23-21(17(2)18(3)31-23)22(29)26(24(27)30)14-11-19-7-5-4-6-8-19/h4-8,16H,9-15H2,1-3H3. The number of aromatic nitrogens is 2. The fourth-order valence-electron chi connectivity index (χ4n) is 4.22. The summed E-state index contributed by atoms with van der Waals surface area (Å²) < 4.78 is 2.83. The summed E-state index contributed by atoms with van der Waals surface area (Å²) in [6.45, 7) is 7.81. The zero-order valence-electron chi connectivity index (χ0n) is 18.4. The van der Waals surface area contributed by atoms with E-state index >= 15 is 0 Å². The Balaban J connectivity index is 1.73. The summed E-state index contributed by atoms with van der Waals surface area (Å²) in [5.74, 6) is 0.577. The van der Waals surface area contributed by atoms with Gasteiger partial charge in [-0.1, -0.05) is 37.3 Å². The lowest BCUT2D eigenvalue weighted by Gasteiger charge is -2.30. The predicted molar refractivity (Wildman–Crippen MR) is 125 cm³/mol. The van der Waals surface area contributed by atoms with E-state index in [0.717, 1.165) is 41.9 Å². The first-order valence-corrected chi connectivity index (χ1v) is 11.7. The van der Waals surface area contributed by atoms with Gasteiger partial charge in [-0.2, -0.15) is 0 Å². The van der Waals surface area contributed by atoms with Crippen molar-refractivity contribution >= 4 is 27.5 Å². The molecule has 0 bridgehead atoms.